The third kappa shape index (κ3) is 5.07. The normalized spacial score (nSPS) is 10.2. The molecule has 0 heterocycles. The molecule has 1 rings (SSSR count). The quantitative estimate of drug-likeness (QED) is 0.713. The number of carbonyl (C=O) groups is 2. The summed E-state index contributed by atoms with van der Waals surface area (Å²) in [7, 11) is 0. The maximum absolute atomic E-state index is 11.5. The van der Waals surface area contributed by atoms with Crippen molar-refractivity contribution in [1.29, 1.82) is 0 Å². The van der Waals surface area contributed by atoms with Crippen LogP contribution in [-0.4, -0.2) is 11.9 Å². The van der Waals surface area contributed by atoms with Crippen LogP contribution >= 0.6 is 47.8 Å². The summed E-state index contributed by atoms with van der Waals surface area (Å²) in [5.41, 5.74) is 0.635. The van der Waals surface area contributed by atoms with Gasteiger partial charge >= 0.3 is 0 Å². The maximum Gasteiger partial charge on any atom is 0.224 e. The lowest BCUT2D eigenvalue weighted by atomic mass is 10.2. The third-order valence-corrected chi connectivity index (χ3v) is 5.22. The number of amides is 1. The Kier molecular flexibility index (Phi) is 6.31. The molecule has 0 aliphatic rings. The molecule has 0 spiro atoms. The minimum atomic E-state index is -1.14. The fourth-order valence-corrected chi connectivity index (χ4v) is 2.66. The second kappa shape index (κ2) is 7.25. The molecule has 0 aromatic heterocycles. The first-order valence-corrected chi connectivity index (χ1v) is 7.42. The molecule has 0 bridgehead atoms. The van der Waals surface area contributed by atoms with Gasteiger partial charge in [-0.2, -0.15) is 0 Å². The fraction of sp³-hybridized carbons (Fsp3) is 0.273. The summed E-state index contributed by atoms with van der Waals surface area (Å²) < 4.78 is 2.47. The number of anilines is 1. The van der Waals surface area contributed by atoms with Crippen LogP contribution in [0, 0.1) is 0 Å². The first-order chi connectivity index (χ1) is 8.40. The summed E-state index contributed by atoms with van der Waals surface area (Å²) in [6, 6.07) is 3.51. The van der Waals surface area contributed by atoms with E-state index < -0.39 is 5.97 Å². The van der Waals surface area contributed by atoms with E-state index in [0.717, 1.165) is 13.4 Å². The van der Waals surface area contributed by atoms with Crippen LogP contribution in [0.2, 0.25) is 0 Å². The Hall–Kier alpha value is -0.400. The van der Waals surface area contributed by atoms with Crippen molar-refractivity contribution >= 4 is 65.4 Å². The van der Waals surface area contributed by atoms with E-state index in [1.807, 2.05) is 0 Å². The van der Waals surface area contributed by atoms with Gasteiger partial charge in [0.15, 0.2) is 0 Å². The van der Waals surface area contributed by atoms with Gasteiger partial charge in [0.25, 0.3) is 0 Å². The number of nitrogens with one attached hydrogen (secondary N) is 1. The van der Waals surface area contributed by atoms with Crippen molar-refractivity contribution in [3.63, 3.8) is 0 Å². The van der Waals surface area contributed by atoms with Gasteiger partial charge in [-0.25, -0.2) is 0 Å². The second-order valence-corrected chi connectivity index (χ2v) is 6.03. The average molecular weight is 443 g/mol. The lowest BCUT2D eigenvalue weighted by Gasteiger charge is -2.08. The number of carbonyl (C=O) groups excluding carboxylic acids is 2. The van der Waals surface area contributed by atoms with Crippen LogP contribution in [0.1, 0.15) is 19.3 Å². The zero-order valence-corrected chi connectivity index (χ0v) is 13.9. The first-order valence-electron chi connectivity index (χ1n) is 5.04. The van der Waals surface area contributed by atoms with E-state index in [2.05, 4.69) is 53.1 Å². The Balaban J connectivity index is 2.57. The van der Waals surface area contributed by atoms with Crippen LogP contribution < -0.4 is 10.4 Å². The molecule has 18 heavy (non-hydrogen) atoms. The maximum atomic E-state index is 11.5. The van der Waals surface area contributed by atoms with Crippen molar-refractivity contribution in [2.45, 2.75) is 19.3 Å². The van der Waals surface area contributed by atoms with E-state index >= 15 is 0 Å². The van der Waals surface area contributed by atoms with E-state index in [4.69, 9.17) is 0 Å². The van der Waals surface area contributed by atoms with E-state index in [-0.39, 0.29) is 25.2 Å². The van der Waals surface area contributed by atoms with Crippen molar-refractivity contribution in [3.05, 3.63) is 25.6 Å². The van der Waals surface area contributed by atoms with Crippen LogP contribution in [0.25, 0.3) is 0 Å². The van der Waals surface area contributed by atoms with E-state index in [9.17, 15) is 14.7 Å². The molecular formula is C11H9Br3NO3-. The molecule has 98 valence electrons. The summed E-state index contributed by atoms with van der Waals surface area (Å²) in [6.45, 7) is 0. The molecular weight excluding hydrogens is 434 g/mol. The number of carboxylic acids is 1. The molecule has 1 aromatic carbocycles. The van der Waals surface area contributed by atoms with Gasteiger partial charge in [-0.15, -0.1) is 0 Å². The standard InChI is InChI=1S/C11H10Br3NO3/c12-7-4-6(5-8(13)11(7)14)15-9(16)2-1-3-10(17)18/h4-5H,1-3H2,(H,15,16)(H,17,18)/p-1. The van der Waals surface area contributed by atoms with Gasteiger partial charge in [-0.1, -0.05) is 0 Å². The van der Waals surface area contributed by atoms with E-state index in [0.29, 0.717) is 5.69 Å². The molecule has 1 N–H and O–H groups in total. The van der Waals surface area contributed by atoms with Crippen molar-refractivity contribution in [2.24, 2.45) is 0 Å². The number of halogens is 3. The number of carboxylic acid groups (broad SMARTS) is 1. The Bertz CT molecular complexity index is 454. The van der Waals surface area contributed by atoms with Gasteiger partial charge in [0, 0.05) is 31.5 Å². The second-order valence-electron chi connectivity index (χ2n) is 3.53. The van der Waals surface area contributed by atoms with E-state index in [1.165, 1.54) is 0 Å². The zero-order chi connectivity index (χ0) is 13.7. The van der Waals surface area contributed by atoms with Gasteiger partial charge in [0.1, 0.15) is 0 Å². The molecule has 1 amide bonds. The molecule has 0 radical (unpaired) electrons. The van der Waals surface area contributed by atoms with Crippen LogP contribution in [0.15, 0.2) is 25.6 Å². The minimum absolute atomic E-state index is 0.110. The van der Waals surface area contributed by atoms with Crippen molar-refractivity contribution in [2.75, 3.05) is 5.32 Å². The molecule has 0 unspecified atom stereocenters. The third-order valence-electron chi connectivity index (χ3n) is 2.05. The number of hydrogen-bond acceptors (Lipinski definition) is 3. The summed E-state index contributed by atoms with van der Waals surface area (Å²) >= 11 is 10.0. The highest BCUT2D eigenvalue weighted by atomic mass is 79.9. The van der Waals surface area contributed by atoms with Crippen molar-refractivity contribution in [1.82, 2.24) is 0 Å². The molecule has 0 aliphatic carbocycles. The molecule has 4 nitrogen and oxygen atoms in total. The molecule has 1 aromatic rings. The first kappa shape index (κ1) is 15.7. The predicted octanol–water partition coefficient (Wildman–Crippen LogP) is 2.83. The minimum Gasteiger partial charge on any atom is -0.550 e. The largest absolute Gasteiger partial charge is 0.550 e. The Labute approximate surface area is 130 Å². The van der Waals surface area contributed by atoms with Gasteiger partial charge in [-0.05, 0) is 72.8 Å². The summed E-state index contributed by atoms with van der Waals surface area (Å²) in [4.78, 5) is 21.7. The molecule has 0 saturated carbocycles. The highest BCUT2D eigenvalue weighted by Gasteiger charge is 2.07. The predicted molar refractivity (Wildman–Crippen MR) is 77.0 cm³/mol. The summed E-state index contributed by atoms with van der Waals surface area (Å²) in [5.74, 6) is -1.37. The Morgan fingerprint density at radius 2 is 1.67 bits per heavy atom. The fourth-order valence-electron chi connectivity index (χ4n) is 1.24. The van der Waals surface area contributed by atoms with Gasteiger partial charge in [0.05, 0.1) is 0 Å². The Morgan fingerprint density at radius 3 is 2.17 bits per heavy atom. The summed E-state index contributed by atoms with van der Waals surface area (Å²) in [6.07, 6.45) is 0.313. The molecule has 0 aliphatic heterocycles. The number of benzene rings is 1. The number of aliphatic carboxylic acids is 1. The van der Waals surface area contributed by atoms with Gasteiger partial charge in [0.2, 0.25) is 5.91 Å². The molecule has 0 atom stereocenters. The topological polar surface area (TPSA) is 69.2 Å². The van der Waals surface area contributed by atoms with Gasteiger partial charge in [-0.3, -0.25) is 4.79 Å². The zero-order valence-electron chi connectivity index (χ0n) is 9.13. The van der Waals surface area contributed by atoms with Crippen molar-refractivity contribution in [3.8, 4) is 0 Å². The lowest BCUT2D eigenvalue weighted by Crippen LogP contribution is -2.22. The highest BCUT2D eigenvalue weighted by molar-refractivity contribution is 9.14. The Morgan fingerprint density at radius 1 is 1.11 bits per heavy atom. The van der Waals surface area contributed by atoms with Crippen LogP contribution in [0.5, 0.6) is 0 Å². The number of rotatable bonds is 5. The SMILES string of the molecule is O=C([O-])CCCC(=O)Nc1cc(Br)c(Br)c(Br)c1. The highest BCUT2D eigenvalue weighted by Crippen LogP contribution is 2.34. The van der Waals surface area contributed by atoms with Gasteiger partial charge < -0.3 is 15.2 Å². The van der Waals surface area contributed by atoms with Crippen LogP contribution in [0.4, 0.5) is 5.69 Å². The monoisotopic (exact) mass is 440 g/mol. The lowest BCUT2D eigenvalue weighted by molar-refractivity contribution is -0.305. The molecule has 7 heteroatoms. The molecule has 0 saturated heterocycles. The van der Waals surface area contributed by atoms with Crippen molar-refractivity contribution < 1.29 is 14.7 Å². The number of hydrogen-bond donors (Lipinski definition) is 1. The average Bonchev–Trinajstić information content (AvgIpc) is 2.25. The summed E-state index contributed by atoms with van der Waals surface area (Å²) in [5, 5.41) is 12.9. The van der Waals surface area contributed by atoms with E-state index in [1.54, 1.807) is 12.1 Å². The van der Waals surface area contributed by atoms with Crippen LogP contribution in [-0.2, 0) is 9.59 Å². The van der Waals surface area contributed by atoms with Crippen LogP contribution in [0.3, 0.4) is 0 Å². The molecule has 0 fully saturated rings. The smallest absolute Gasteiger partial charge is 0.224 e.